The maximum atomic E-state index is 9.35. The fourth-order valence-electron chi connectivity index (χ4n) is 2.20. The average molecular weight is 216 g/mol. The first kappa shape index (κ1) is 10.8. The predicted octanol–water partition coefficient (Wildman–Crippen LogP) is 2.64. The third-order valence-corrected chi connectivity index (χ3v) is 3.05. The molecule has 0 aromatic heterocycles. The van der Waals surface area contributed by atoms with Gasteiger partial charge in [0, 0.05) is 13.1 Å². The minimum Gasteiger partial charge on any atom is -0.508 e. The van der Waals surface area contributed by atoms with Crippen molar-refractivity contribution >= 4 is 5.69 Å². The van der Waals surface area contributed by atoms with Gasteiger partial charge in [0.05, 0.1) is 11.3 Å². The molecule has 0 atom stereocenters. The van der Waals surface area contributed by atoms with E-state index in [1.807, 2.05) is 6.07 Å². The van der Waals surface area contributed by atoms with Gasteiger partial charge >= 0.3 is 0 Å². The zero-order chi connectivity index (χ0) is 11.4. The van der Waals surface area contributed by atoms with Crippen LogP contribution in [0.25, 0.3) is 0 Å². The standard InChI is InChI=1S/C13H16N2O/c14-10-11-9-12(16)5-6-13(11)15-7-3-1-2-4-8-15/h5-6,9,16H,1-4,7-8H2. The summed E-state index contributed by atoms with van der Waals surface area (Å²) < 4.78 is 0. The van der Waals surface area contributed by atoms with Crippen molar-refractivity contribution in [1.82, 2.24) is 0 Å². The summed E-state index contributed by atoms with van der Waals surface area (Å²) >= 11 is 0. The molecule has 0 aliphatic carbocycles. The Kier molecular flexibility index (Phi) is 3.31. The van der Waals surface area contributed by atoms with E-state index in [1.165, 1.54) is 25.7 Å². The number of rotatable bonds is 1. The van der Waals surface area contributed by atoms with Crippen LogP contribution in [-0.2, 0) is 0 Å². The molecular weight excluding hydrogens is 200 g/mol. The molecule has 1 aromatic carbocycles. The highest BCUT2D eigenvalue weighted by Gasteiger charge is 2.13. The highest BCUT2D eigenvalue weighted by Crippen LogP contribution is 2.26. The van der Waals surface area contributed by atoms with Gasteiger partial charge in [-0.1, -0.05) is 12.8 Å². The Labute approximate surface area is 95.9 Å². The zero-order valence-corrected chi connectivity index (χ0v) is 9.32. The van der Waals surface area contributed by atoms with Crippen molar-refractivity contribution in [2.24, 2.45) is 0 Å². The van der Waals surface area contributed by atoms with Crippen molar-refractivity contribution in [2.75, 3.05) is 18.0 Å². The topological polar surface area (TPSA) is 47.3 Å². The lowest BCUT2D eigenvalue weighted by molar-refractivity contribution is 0.475. The van der Waals surface area contributed by atoms with Crippen LogP contribution >= 0.6 is 0 Å². The molecule has 2 rings (SSSR count). The molecule has 1 N–H and O–H groups in total. The van der Waals surface area contributed by atoms with Gasteiger partial charge in [-0.05, 0) is 31.0 Å². The molecule has 16 heavy (non-hydrogen) atoms. The maximum absolute atomic E-state index is 9.35. The molecule has 1 fully saturated rings. The van der Waals surface area contributed by atoms with Crippen LogP contribution in [0.3, 0.4) is 0 Å². The molecule has 0 unspecified atom stereocenters. The van der Waals surface area contributed by atoms with Crippen LogP contribution in [0.4, 0.5) is 5.69 Å². The smallest absolute Gasteiger partial charge is 0.117 e. The molecule has 3 heteroatoms. The molecular formula is C13H16N2O. The lowest BCUT2D eigenvalue weighted by atomic mass is 10.1. The van der Waals surface area contributed by atoms with Crippen molar-refractivity contribution in [3.63, 3.8) is 0 Å². The van der Waals surface area contributed by atoms with Crippen molar-refractivity contribution < 1.29 is 5.11 Å². The molecule has 0 bridgehead atoms. The molecule has 0 saturated carbocycles. The number of hydrogen-bond acceptors (Lipinski definition) is 3. The van der Waals surface area contributed by atoms with Crippen LogP contribution in [0.2, 0.25) is 0 Å². The monoisotopic (exact) mass is 216 g/mol. The van der Waals surface area contributed by atoms with E-state index in [9.17, 15) is 5.11 Å². The molecule has 0 radical (unpaired) electrons. The number of hydrogen-bond donors (Lipinski definition) is 1. The second-order valence-electron chi connectivity index (χ2n) is 4.21. The van der Waals surface area contributed by atoms with E-state index < -0.39 is 0 Å². The van der Waals surface area contributed by atoms with Crippen molar-refractivity contribution in [2.45, 2.75) is 25.7 Å². The Hall–Kier alpha value is -1.69. The van der Waals surface area contributed by atoms with E-state index in [2.05, 4.69) is 11.0 Å². The minimum atomic E-state index is 0.162. The highest BCUT2D eigenvalue weighted by atomic mass is 16.3. The summed E-state index contributed by atoms with van der Waals surface area (Å²) in [5, 5.41) is 18.4. The summed E-state index contributed by atoms with van der Waals surface area (Å²) in [5.41, 5.74) is 1.53. The molecule has 3 nitrogen and oxygen atoms in total. The zero-order valence-electron chi connectivity index (χ0n) is 9.32. The molecule has 84 valence electrons. The number of phenolic OH excluding ortho intramolecular Hbond substituents is 1. The summed E-state index contributed by atoms with van der Waals surface area (Å²) in [6, 6.07) is 7.19. The van der Waals surface area contributed by atoms with Gasteiger partial charge in [-0.2, -0.15) is 5.26 Å². The van der Waals surface area contributed by atoms with Gasteiger partial charge in [-0.3, -0.25) is 0 Å². The first-order valence-corrected chi connectivity index (χ1v) is 5.79. The Bertz CT molecular complexity index is 401. The second kappa shape index (κ2) is 4.89. The lowest BCUT2D eigenvalue weighted by Gasteiger charge is -2.23. The fraction of sp³-hybridized carbons (Fsp3) is 0.462. The molecule has 0 amide bonds. The van der Waals surface area contributed by atoms with Crippen molar-refractivity contribution in [3.05, 3.63) is 23.8 Å². The largest absolute Gasteiger partial charge is 0.508 e. The van der Waals surface area contributed by atoms with Crippen LogP contribution in [0.15, 0.2) is 18.2 Å². The number of nitrogens with zero attached hydrogens (tertiary/aromatic N) is 2. The summed E-state index contributed by atoms with van der Waals surface area (Å²) in [6.45, 7) is 2.03. The quantitative estimate of drug-likeness (QED) is 0.785. The van der Waals surface area contributed by atoms with Gasteiger partial charge in [0.15, 0.2) is 0 Å². The molecule has 1 saturated heterocycles. The van der Waals surface area contributed by atoms with Crippen molar-refractivity contribution in [1.29, 1.82) is 5.26 Å². The first-order chi connectivity index (χ1) is 7.81. The first-order valence-electron chi connectivity index (χ1n) is 5.79. The molecule has 1 aromatic rings. The van der Waals surface area contributed by atoms with E-state index >= 15 is 0 Å². The molecule has 1 heterocycles. The summed E-state index contributed by atoms with van der Waals surface area (Å²) in [5.74, 6) is 0.162. The van der Waals surface area contributed by atoms with Crippen LogP contribution < -0.4 is 4.90 Å². The average Bonchev–Trinajstić information content (AvgIpc) is 2.57. The Balaban J connectivity index is 2.28. The van der Waals surface area contributed by atoms with Gasteiger partial charge in [0.2, 0.25) is 0 Å². The van der Waals surface area contributed by atoms with E-state index in [4.69, 9.17) is 5.26 Å². The van der Waals surface area contributed by atoms with Crippen LogP contribution in [0.5, 0.6) is 5.75 Å². The molecule has 1 aliphatic rings. The summed E-state index contributed by atoms with van der Waals surface area (Å²) in [7, 11) is 0. The van der Waals surface area contributed by atoms with E-state index in [-0.39, 0.29) is 5.75 Å². The summed E-state index contributed by atoms with van der Waals surface area (Å²) in [4.78, 5) is 2.25. The highest BCUT2D eigenvalue weighted by molar-refractivity contribution is 5.61. The van der Waals surface area contributed by atoms with E-state index in [0.717, 1.165) is 18.8 Å². The third kappa shape index (κ3) is 2.27. The normalized spacial score (nSPS) is 16.6. The van der Waals surface area contributed by atoms with Crippen LogP contribution in [0, 0.1) is 11.3 Å². The Morgan fingerprint density at radius 1 is 1.12 bits per heavy atom. The number of aromatic hydroxyl groups is 1. The minimum absolute atomic E-state index is 0.162. The molecule has 0 spiro atoms. The number of benzene rings is 1. The maximum Gasteiger partial charge on any atom is 0.117 e. The number of phenols is 1. The van der Waals surface area contributed by atoms with Gasteiger partial charge in [-0.15, -0.1) is 0 Å². The molecule has 1 aliphatic heterocycles. The van der Waals surface area contributed by atoms with Crippen LogP contribution in [0.1, 0.15) is 31.2 Å². The summed E-state index contributed by atoms with van der Waals surface area (Å²) in [6.07, 6.45) is 4.92. The van der Waals surface area contributed by atoms with E-state index in [0.29, 0.717) is 5.56 Å². The third-order valence-electron chi connectivity index (χ3n) is 3.05. The SMILES string of the molecule is N#Cc1cc(O)ccc1N1CCCCCC1. The Morgan fingerprint density at radius 2 is 1.81 bits per heavy atom. The van der Waals surface area contributed by atoms with Gasteiger partial charge in [-0.25, -0.2) is 0 Å². The lowest BCUT2D eigenvalue weighted by Crippen LogP contribution is -2.24. The van der Waals surface area contributed by atoms with Gasteiger partial charge < -0.3 is 10.0 Å². The second-order valence-corrected chi connectivity index (χ2v) is 4.21. The predicted molar refractivity (Wildman–Crippen MR) is 63.5 cm³/mol. The Morgan fingerprint density at radius 3 is 2.44 bits per heavy atom. The number of nitriles is 1. The van der Waals surface area contributed by atoms with Gasteiger partial charge in [0.1, 0.15) is 11.8 Å². The van der Waals surface area contributed by atoms with Crippen molar-refractivity contribution in [3.8, 4) is 11.8 Å². The number of anilines is 1. The van der Waals surface area contributed by atoms with E-state index in [1.54, 1.807) is 12.1 Å². The van der Waals surface area contributed by atoms with Gasteiger partial charge in [0.25, 0.3) is 0 Å². The fourth-order valence-corrected chi connectivity index (χ4v) is 2.20. The van der Waals surface area contributed by atoms with Crippen LogP contribution in [-0.4, -0.2) is 18.2 Å².